The predicted molar refractivity (Wildman–Crippen MR) is 82.8 cm³/mol. The van der Waals surface area contributed by atoms with E-state index in [0.29, 0.717) is 22.9 Å². The Morgan fingerprint density at radius 1 is 1.37 bits per heavy atom. The second-order valence-electron chi connectivity index (χ2n) is 4.91. The quantitative estimate of drug-likeness (QED) is 0.814. The van der Waals surface area contributed by atoms with Crippen molar-refractivity contribution in [1.82, 2.24) is 4.90 Å². The second-order valence-corrected chi connectivity index (χ2v) is 5.76. The normalized spacial score (nSPS) is 12.7. The third kappa shape index (κ3) is 4.69. The van der Waals surface area contributed by atoms with Gasteiger partial charge in [-0.2, -0.15) is 0 Å². The van der Waals surface area contributed by atoms with E-state index in [1.165, 1.54) is 12.8 Å². The SMILES string of the molecule is CCCC(C)N(C)Cc1cc(Br)c(O)c(OCC)c1. The molecule has 0 heterocycles. The first-order valence-electron chi connectivity index (χ1n) is 6.84. The Hall–Kier alpha value is -0.740. The third-order valence-corrected chi connectivity index (χ3v) is 3.88. The van der Waals surface area contributed by atoms with Gasteiger partial charge in [0.1, 0.15) is 0 Å². The van der Waals surface area contributed by atoms with Gasteiger partial charge in [-0.25, -0.2) is 0 Å². The Balaban J connectivity index is 2.83. The molecule has 0 aromatic heterocycles. The Bertz CT molecular complexity index is 409. The molecule has 0 spiro atoms. The first-order chi connectivity index (χ1) is 8.99. The minimum absolute atomic E-state index is 0.176. The van der Waals surface area contributed by atoms with Gasteiger partial charge in [0.05, 0.1) is 11.1 Å². The summed E-state index contributed by atoms with van der Waals surface area (Å²) in [6.45, 7) is 7.75. The van der Waals surface area contributed by atoms with Crippen LogP contribution in [0.2, 0.25) is 0 Å². The van der Waals surface area contributed by atoms with Crippen molar-refractivity contribution in [3.05, 3.63) is 22.2 Å². The monoisotopic (exact) mass is 329 g/mol. The molecule has 0 radical (unpaired) electrons. The molecule has 0 aliphatic rings. The van der Waals surface area contributed by atoms with Crippen LogP contribution in [-0.2, 0) is 6.54 Å². The van der Waals surface area contributed by atoms with Gasteiger partial charge >= 0.3 is 0 Å². The van der Waals surface area contributed by atoms with Crippen molar-refractivity contribution in [2.75, 3.05) is 13.7 Å². The summed E-state index contributed by atoms with van der Waals surface area (Å²) in [5, 5.41) is 9.90. The fourth-order valence-corrected chi connectivity index (χ4v) is 2.56. The van der Waals surface area contributed by atoms with Crippen molar-refractivity contribution >= 4 is 15.9 Å². The van der Waals surface area contributed by atoms with Crippen LogP contribution in [0.3, 0.4) is 0 Å². The van der Waals surface area contributed by atoms with Gasteiger partial charge in [0.25, 0.3) is 0 Å². The molecule has 108 valence electrons. The zero-order valence-electron chi connectivity index (χ0n) is 12.2. The maximum Gasteiger partial charge on any atom is 0.172 e. The average molecular weight is 330 g/mol. The minimum atomic E-state index is 0.176. The highest BCUT2D eigenvalue weighted by molar-refractivity contribution is 9.10. The zero-order chi connectivity index (χ0) is 14.4. The number of phenolic OH excluding ortho intramolecular Hbond substituents is 1. The van der Waals surface area contributed by atoms with E-state index in [4.69, 9.17) is 4.74 Å². The number of benzene rings is 1. The number of ether oxygens (including phenoxy) is 1. The van der Waals surface area contributed by atoms with Crippen molar-refractivity contribution in [1.29, 1.82) is 0 Å². The van der Waals surface area contributed by atoms with Gasteiger partial charge in [-0.1, -0.05) is 13.3 Å². The van der Waals surface area contributed by atoms with E-state index in [9.17, 15) is 5.11 Å². The van der Waals surface area contributed by atoms with E-state index in [1.54, 1.807) is 0 Å². The largest absolute Gasteiger partial charge is 0.503 e. The Morgan fingerprint density at radius 2 is 2.05 bits per heavy atom. The third-order valence-electron chi connectivity index (χ3n) is 3.28. The summed E-state index contributed by atoms with van der Waals surface area (Å²) in [7, 11) is 2.13. The van der Waals surface area contributed by atoms with Gasteiger partial charge in [0.2, 0.25) is 0 Å². The zero-order valence-corrected chi connectivity index (χ0v) is 13.8. The first-order valence-corrected chi connectivity index (χ1v) is 7.63. The molecule has 0 saturated heterocycles. The maximum absolute atomic E-state index is 9.90. The van der Waals surface area contributed by atoms with Crippen molar-refractivity contribution in [3.63, 3.8) is 0 Å². The molecule has 0 saturated carbocycles. The Kier molecular flexibility index (Phi) is 6.66. The molecule has 1 aromatic carbocycles. The van der Waals surface area contributed by atoms with Crippen LogP contribution < -0.4 is 4.74 Å². The molecular formula is C15H24BrNO2. The lowest BCUT2D eigenvalue weighted by atomic mass is 10.1. The molecule has 1 rings (SSSR count). The molecular weight excluding hydrogens is 306 g/mol. The smallest absolute Gasteiger partial charge is 0.172 e. The van der Waals surface area contributed by atoms with Crippen molar-refractivity contribution in [2.24, 2.45) is 0 Å². The van der Waals surface area contributed by atoms with Crippen LogP contribution >= 0.6 is 15.9 Å². The fraction of sp³-hybridized carbons (Fsp3) is 0.600. The van der Waals surface area contributed by atoms with Gasteiger partial charge in [0, 0.05) is 12.6 Å². The summed E-state index contributed by atoms with van der Waals surface area (Å²) in [4.78, 5) is 2.32. The lowest BCUT2D eigenvalue weighted by molar-refractivity contribution is 0.236. The van der Waals surface area contributed by atoms with Crippen molar-refractivity contribution < 1.29 is 9.84 Å². The predicted octanol–water partition coefficient (Wildman–Crippen LogP) is 4.17. The van der Waals surface area contributed by atoms with Crippen LogP contribution in [0.1, 0.15) is 39.2 Å². The lowest BCUT2D eigenvalue weighted by Gasteiger charge is -2.24. The highest BCUT2D eigenvalue weighted by Gasteiger charge is 2.13. The molecule has 3 nitrogen and oxygen atoms in total. The number of halogens is 1. The van der Waals surface area contributed by atoms with Crippen LogP contribution in [0.25, 0.3) is 0 Å². The molecule has 0 aliphatic carbocycles. The maximum atomic E-state index is 9.90. The van der Waals surface area contributed by atoms with Gasteiger partial charge in [0.15, 0.2) is 11.5 Å². The van der Waals surface area contributed by atoms with E-state index in [2.05, 4.69) is 41.7 Å². The number of aromatic hydroxyl groups is 1. The van der Waals surface area contributed by atoms with Crippen LogP contribution in [0.4, 0.5) is 0 Å². The Morgan fingerprint density at radius 3 is 2.63 bits per heavy atom. The molecule has 4 heteroatoms. The highest BCUT2D eigenvalue weighted by Crippen LogP contribution is 2.35. The topological polar surface area (TPSA) is 32.7 Å². The van der Waals surface area contributed by atoms with Crippen LogP contribution in [0.5, 0.6) is 11.5 Å². The molecule has 1 aromatic rings. The summed E-state index contributed by atoms with van der Waals surface area (Å²) < 4.78 is 6.13. The fourth-order valence-electron chi connectivity index (χ4n) is 2.07. The Labute approximate surface area is 124 Å². The molecule has 1 unspecified atom stereocenters. The summed E-state index contributed by atoms with van der Waals surface area (Å²) in [5.74, 6) is 0.721. The van der Waals surface area contributed by atoms with E-state index >= 15 is 0 Å². The van der Waals surface area contributed by atoms with Gasteiger partial charge in [-0.3, -0.25) is 4.90 Å². The van der Waals surface area contributed by atoms with Crippen LogP contribution in [0.15, 0.2) is 16.6 Å². The molecule has 0 fully saturated rings. The van der Waals surface area contributed by atoms with E-state index in [0.717, 1.165) is 12.1 Å². The van der Waals surface area contributed by atoms with Gasteiger partial charge in [-0.05, 0) is 60.9 Å². The summed E-state index contributed by atoms with van der Waals surface area (Å²) in [6, 6.07) is 4.42. The number of hydrogen-bond acceptors (Lipinski definition) is 3. The molecule has 1 N–H and O–H groups in total. The van der Waals surface area contributed by atoms with Crippen molar-refractivity contribution in [3.8, 4) is 11.5 Å². The van der Waals surface area contributed by atoms with Crippen LogP contribution in [0, 0.1) is 0 Å². The number of nitrogens with zero attached hydrogens (tertiary/aromatic N) is 1. The summed E-state index contributed by atoms with van der Waals surface area (Å²) in [5.41, 5.74) is 1.14. The molecule has 1 atom stereocenters. The van der Waals surface area contributed by atoms with E-state index < -0.39 is 0 Å². The number of phenols is 1. The molecule has 0 amide bonds. The molecule has 0 bridgehead atoms. The van der Waals surface area contributed by atoms with Crippen LogP contribution in [-0.4, -0.2) is 29.7 Å². The van der Waals surface area contributed by atoms with E-state index in [-0.39, 0.29) is 5.75 Å². The molecule has 0 aliphatic heterocycles. The first kappa shape index (κ1) is 16.3. The van der Waals surface area contributed by atoms with Gasteiger partial charge < -0.3 is 9.84 Å². The summed E-state index contributed by atoms with van der Waals surface area (Å²) >= 11 is 3.38. The lowest BCUT2D eigenvalue weighted by Crippen LogP contribution is -2.28. The average Bonchev–Trinajstić information content (AvgIpc) is 2.35. The van der Waals surface area contributed by atoms with Crippen molar-refractivity contribution in [2.45, 2.75) is 46.2 Å². The summed E-state index contributed by atoms with van der Waals surface area (Å²) in [6.07, 6.45) is 2.38. The second kappa shape index (κ2) is 7.75. The minimum Gasteiger partial charge on any atom is -0.503 e. The van der Waals surface area contributed by atoms with E-state index in [1.807, 2.05) is 19.1 Å². The highest BCUT2D eigenvalue weighted by atomic mass is 79.9. The standard InChI is InChI=1S/C15H24BrNO2/c1-5-7-11(3)17(4)10-12-8-13(16)15(18)14(9-12)19-6-2/h8-9,11,18H,5-7,10H2,1-4H3. The number of rotatable bonds is 7. The number of hydrogen-bond donors (Lipinski definition) is 1. The van der Waals surface area contributed by atoms with Gasteiger partial charge in [-0.15, -0.1) is 0 Å². The molecule has 19 heavy (non-hydrogen) atoms.